The summed E-state index contributed by atoms with van der Waals surface area (Å²) in [7, 11) is 0. The van der Waals surface area contributed by atoms with Gasteiger partial charge in [-0.3, -0.25) is 0 Å². The molecule has 84 valence electrons. The van der Waals surface area contributed by atoms with Crippen molar-refractivity contribution in [1.82, 2.24) is 0 Å². The van der Waals surface area contributed by atoms with E-state index in [1.165, 1.54) is 6.92 Å². The number of benzene rings is 1. The molecule has 0 saturated carbocycles. The normalized spacial score (nSPS) is 14.7. The Labute approximate surface area is 90.3 Å². The number of hydrogen-bond acceptors (Lipinski definition) is 3. The second-order valence-corrected chi connectivity index (χ2v) is 3.67. The molecular weight excluding hydrogens is 192 g/mol. The van der Waals surface area contributed by atoms with Gasteiger partial charge in [0.05, 0.1) is 0 Å². The minimum absolute atomic E-state index is 0.674. The van der Waals surface area contributed by atoms with Gasteiger partial charge in [-0.15, -0.1) is 0 Å². The monoisotopic (exact) mass is 210 g/mol. The lowest BCUT2D eigenvalue weighted by atomic mass is 10.1. The van der Waals surface area contributed by atoms with E-state index in [2.05, 4.69) is 0 Å². The van der Waals surface area contributed by atoms with E-state index in [4.69, 9.17) is 9.84 Å². The molecule has 1 aromatic carbocycles. The van der Waals surface area contributed by atoms with Crippen LogP contribution < -0.4 is 4.74 Å². The van der Waals surface area contributed by atoms with Gasteiger partial charge < -0.3 is 14.9 Å². The van der Waals surface area contributed by atoms with Crippen LogP contribution in [0.15, 0.2) is 18.2 Å². The molecule has 0 amide bonds. The molecule has 2 unspecified atom stereocenters. The fourth-order valence-electron chi connectivity index (χ4n) is 1.38. The molecule has 0 aliphatic carbocycles. The lowest BCUT2D eigenvalue weighted by molar-refractivity contribution is -0.0965. The molecule has 0 aliphatic heterocycles. The third kappa shape index (κ3) is 2.94. The summed E-state index contributed by atoms with van der Waals surface area (Å²) < 4.78 is 5.33. The first kappa shape index (κ1) is 12.0. The molecule has 0 saturated heterocycles. The Balaban J connectivity index is 2.92. The zero-order valence-electron chi connectivity index (χ0n) is 9.40. The molecule has 2 N–H and O–H groups in total. The molecule has 0 fully saturated rings. The summed E-state index contributed by atoms with van der Waals surface area (Å²) >= 11 is 0. The number of rotatable bonds is 4. The van der Waals surface area contributed by atoms with E-state index in [0.29, 0.717) is 5.75 Å². The van der Waals surface area contributed by atoms with Gasteiger partial charge in [-0.05, 0) is 31.4 Å². The third-order valence-electron chi connectivity index (χ3n) is 2.33. The lowest BCUT2D eigenvalue weighted by Gasteiger charge is -2.19. The lowest BCUT2D eigenvalue weighted by Crippen LogP contribution is -2.29. The van der Waals surface area contributed by atoms with Gasteiger partial charge in [-0.25, -0.2) is 0 Å². The fourth-order valence-corrected chi connectivity index (χ4v) is 1.38. The summed E-state index contributed by atoms with van der Waals surface area (Å²) in [6, 6.07) is 5.83. The zero-order chi connectivity index (χ0) is 11.4. The third-order valence-corrected chi connectivity index (χ3v) is 2.33. The van der Waals surface area contributed by atoms with E-state index >= 15 is 0 Å². The van der Waals surface area contributed by atoms with Crippen molar-refractivity contribution in [1.29, 1.82) is 0 Å². The first-order valence-electron chi connectivity index (χ1n) is 5.17. The fraction of sp³-hybridized carbons (Fsp3) is 0.500. The van der Waals surface area contributed by atoms with E-state index in [1.54, 1.807) is 0 Å². The molecule has 0 heterocycles. The standard InChI is InChI=1S/C12H18O3/c1-4-10-7-5-6-8(2)11(10)15-12(14)9(3)13/h5-7,9,12-14H,4H2,1-3H3. The molecule has 1 rings (SSSR count). The maximum atomic E-state index is 9.45. The Morgan fingerprint density at radius 2 is 2.00 bits per heavy atom. The Bertz CT molecular complexity index is 321. The van der Waals surface area contributed by atoms with E-state index in [9.17, 15) is 5.11 Å². The molecule has 15 heavy (non-hydrogen) atoms. The summed E-state index contributed by atoms with van der Waals surface area (Å²) in [5.41, 5.74) is 2.00. The van der Waals surface area contributed by atoms with Crippen LogP contribution in [0.3, 0.4) is 0 Å². The molecule has 3 nitrogen and oxygen atoms in total. The molecule has 0 spiro atoms. The average Bonchev–Trinajstić information content (AvgIpc) is 2.20. The van der Waals surface area contributed by atoms with Crippen molar-refractivity contribution in [3.05, 3.63) is 29.3 Å². The van der Waals surface area contributed by atoms with Gasteiger partial charge in [0.2, 0.25) is 6.29 Å². The molecule has 0 aliphatic rings. The topological polar surface area (TPSA) is 49.7 Å². The van der Waals surface area contributed by atoms with E-state index in [-0.39, 0.29) is 0 Å². The van der Waals surface area contributed by atoms with Crippen molar-refractivity contribution < 1.29 is 14.9 Å². The van der Waals surface area contributed by atoms with Crippen LogP contribution >= 0.6 is 0 Å². The van der Waals surface area contributed by atoms with Gasteiger partial charge in [0.15, 0.2) is 0 Å². The second kappa shape index (κ2) is 5.14. The SMILES string of the molecule is CCc1cccc(C)c1OC(O)C(C)O. The molecular formula is C12H18O3. The Morgan fingerprint density at radius 1 is 1.33 bits per heavy atom. The quantitative estimate of drug-likeness (QED) is 0.743. The molecule has 0 radical (unpaired) electrons. The molecule has 2 atom stereocenters. The van der Waals surface area contributed by atoms with Gasteiger partial charge >= 0.3 is 0 Å². The highest BCUT2D eigenvalue weighted by Gasteiger charge is 2.15. The van der Waals surface area contributed by atoms with E-state index in [1.807, 2.05) is 32.0 Å². The minimum Gasteiger partial charge on any atom is -0.462 e. The summed E-state index contributed by atoms with van der Waals surface area (Å²) in [5, 5.41) is 18.6. The second-order valence-electron chi connectivity index (χ2n) is 3.67. The number of para-hydroxylation sites is 1. The van der Waals surface area contributed by atoms with Crippen LogP contribution in [-0.4, -0.2) is 22.6 Å². The van der Waals surface area contributed by atoms with Gasteiger partial charge in [-0.2, -0.15) is 0 Å². The van der Waals surface area contributed by atoms with Gasteiger partial charge in [-0.1, -0.05) is 25.1 Å². The van der Waals surface area contributed by atoms with Crippen LogP contribution in [0.1, 0.15) is 25.0 Å². The number of aliphatic hydroxyl groups is 2. The Morgan fingerprint density at radius 3 is 2.53 bits per heavy atom. The number of hydrogen-bond donors (Lipinski definition) is 2. The number of aliphatic hydroxyl groups excluding tert-OH is 2. The number of ether oxygens (including phenoxy) is 1. The van der Waals surface area contributed by atoms with Crippen molar-refractivity contribution in [2.75, 3.05) is 0 Å². The van der Waals surface area contributed by atoms with Crippen LogP contribution in [0.5, 0.6) is 5.75 Å². The average molecular weight is 210 g/mol. The molecule has 3 heteroatoms. The molecule has 0 bridgehead atoms. The van der Waals surface area contributed by atoms with Crippen molar-refractivity contribution in [3.63, 3.8) is 0 Å². The smallest absolute Gasteiger partial charge is 0.223 e. The van der Waals surface area contributed by atoms with Crippen LogP contribution in [0.2, 0.25) is 0 Å². The summed E-state index contributed by atoms with van der Waals surface area (Å²) in [4.78, 5) is 0. The Hall–Kier alpha value is -1.06. The van der Waals surface area contributed by atoms with E-state index < -0.39 is 12.4 Å². The first-order valence-corrected chi connectivity index (χ1v) is 5.17. The van der Waals surface area contributed by atoms with Crippen LogP contribution in [0.4, 0.5) is 0 Å². The van der Waals surface area contributed by atoms with Crippen molar-refractivity contribution in [2.45, 2.75) is 39.6 Å². The van der Waals surface area contributed by atoms with E-state index in [0.717, 1.165) is 17.5 Å². The first-order chi connectivity index (χ1) is 7.06. The van der Waals surface area contributed by atoms with Crippen molar-refractivity contribution in [3.8, 4) is 5.75 Å². The maximum Gasteiger partial charge on any atom is 0.223 e. The predicted octanol–water partition coefficient (Wildman–Crippen LogP) is 1.64. The highest BCUT2D eigenvalue weighted by molar-refractivity contribution is 5.40. The Kier molecular flexibility index (Phi) is 4.12. The predicted molar refractivity (Wildman–Crippen MR) is 58.9 cm³/mol. The largest absolute Gasteiger partial charge is 0.462 e. The van der Waals surface area contributed by atoms with Gasteiger partial charge in [0.1, 0.15) is 11.9 Å². The van der Waals surface area contributed by atoms with Crippen molar-refractivity contribution >= 4 is 0 Å². The van der Waals surface area contributed by atoms with Gasteiger partial charge in [0, 0.05) is 0 Å². The van der Waals surface area contributed by atoms with Crippen LogP contribution in [-0.2, 0) is 6.42 Å². The van der Waals surface area contributed by atoms with Crippen LogP contribution in [0.25, 0.3) is 0 Å². The number of aryl methyl sites for hydroxylation is 2. The van der Waals surface area contributed by atoms with Gasteiger partial charge in [0.25, 0.3) is 0 Å². The summed E-state index contributed by atoms with van der Waals surface area (Å²) in [6.45, 7) is 5.44. The zero-order valence-corrected chi connectivity index (χ0v) is 9.40. The summed E-state index contributed by atoms with van der Waals surface area (Å²) in [5.74, 6) is 0.674. The highest BCUT2D eigenvalue weighted by Crippen LogP contribution is 2.25. The highest BCUT2D eigenvalue weighted by atomic mass is 16.6. The minimum atomic E-state index is -1.17. The molecule has 1 aromatic rings. The van der Waals surface area contributed by atoms with Crippen LogP contribution in [0, 0.1) is 6.92 Å². The maximum absolute atomic E-state index is 9.45. The molecule has 0 aromatic heterocycles. The van der Waals surface area contributed by atoms with Crippen molar-refractivity contribution in [2.24, 2.45) is 0 Å². The summed E-state index contributed by atoms with van der Waals surface area (Å²) in [6.07, 6.45) is -1.23.